The van der Waals surface area contributed by atoms with Crippen molar-refractivity contribution in [3.8, 4) is 11.1 Å². The molecule has 0 aliphatic carbocycles. The first-order valence-corrected chi connectivity index (χ1v) is 11.3. The summed E-state index contributed by atoms with van der Waals surface area (Å²) in [6, 6.07) is 19.6. The molecule has 0 saturated carbocycles. The van der Waals surface area contributed by atoms with E-state index in [4.69, 9.17) is 4.74 Å². The van der Waals surface area contributed by atoms with E-state index < -0.39 is 22.6 Å². The number of hydrogen-bond acceptors (Lipinski definition) is 7. The topological polar surface area (TPSA) is 116 Å². The van der Waals surface area contributed by atoms with Crippen molar-refractivity contribution in [2.24, 2.45) is 0 Å². The van der Waals surface area contributed by atoms with E-state index in [1.807, 2.05) is 60.7 Å². The molecule has 0 aliphatic heterocycles. The van der Waals surface area contributed by atoms with Crippen LogP contribution in [0.4, 0.5) is 10.8 Å². The summed E-state index contributed by atoms with van der Waals surface area (Å²) in [6.07, 6.45) is 0. The van der Waals surface area contributed by atoms with Crippen LogP contribution in [-0.4, -0.2) is 33.2 Å². The Morgan fingerprint density at radius 2 is 1.79 bits per heavy atom. The molecule has 2 heterocycles. The molecule has 0 saturated heterocycles. The number of nitrogens with one attached hydrogen (secondary N) is 1. The van der Waals surface area contributed by atoms with E-state index in [2.05, 4.69) is 10.4 Å². The minimum Gasteiger partial charge on any atom is -0.462 e. The predicted molar refractivity (Wildman–Crippen MR) is 128 cm³/mol. The molecule has 0 spiro atoms. The van der Waals surface area contributed by atoms with Crippen LogP contribution in [0, 0.1) is 10.1 Å². The average molecular weight is 477 g/mol. The second-order valence-electron chi connectivity index (χ2n) is 7.18. The number of amides is 1. The number of thiophene rings is 1. The fourth-order valence-electron chi connectivity index (χ4n) is 3.41. The SMILES string of the molecule is CCOC(=O)c1c(-c2ccccc2)csc1NC(=O)c1cc([N+](=O)[O-])nn1Cc1ccccc1. The van der Waals surface area contributed by atoms with Gasteiger partial charge in [-0.15, -0.1) is 11.3 Å². The summed E-state index contributed by atoms with van der Waals surface area (Å²) in [6.45, 7) is 2.04. The number of esters is 1. The zero-order chi connectivity index (χ0) is 24.1. The van der Waals surface area contributed by atoms with Crippen molar-refractivity contribution in [2.45, 2.75) is 13.5 Å². The van der Waals surface area contributed by atoms with Gasteiger partial charge in [0.05, 0.1) is 24.3 Å². The predicted octanol–water partition coefficient (Wildman–Crippen LogP) is 5.00. The monoisotopic (exact) mass is 476 g/mol. The van der Waals surface area contributed by atoms with Crippen molar-refractivity contribution in [3.63, 3.8) is 0 Å². The van der Waals surface area contributed by atoms with Gasteiger partial charge in [0, 0.05) is 10.9 Å². The number of anilines is 1. The largest absolute Gasteiger partial charge is 0.462 e. The molecule has 4 rings (SSSR count). The number of rotatable bonds is 8. The molecular weight excluding hydrogens is 456 g/mol. The molecule has 34 heavy (non-hydrogen) atoms. The third-order valence-electron chi connectivity index (χ3n) is 4.94. The number of carbonyl (C=O) groups excluding carboxylic acids is 2. The third kappa shape index (κ3) is 4.86. The summed E-state index contributed by atoms with van der Waals surface area (Å²) in [5.74, 6) is -1.63. The molecule has 4 aromatic rings. The van der Waals surface area contributed by atoms with Crippen LogP contribution in [0.1, 0.15) is 33.3 Å². The number of benzene rings is 2. The van der Waals surface area contributed by atoms with Crippen LogP contribution in [0.3, 0.4) is 0 Å². The second kappa shape index (κ2) is 10.1. The lowest BCUT2D eigenvalue weighted by Gasteiger charge is -2.09. The first kappa shape index (κ1) is 22.9. The summed E-state index contributed by atoms with van der Waals surface area (Å²) < 4.78 is 6.50. The van der Waals surface area contributed by atoms with Crippen LogP contribution in [0.15, 0.2) is 72.1 Å². The molecule has 10 heteroatoms. The lowest BCUT2D eigenvalue weighted by molar-refractivity contribution is -0.389. The van der Waals surface area contributed by atoms with Crippen molar-refractivity contribution in [1.82, 2.24) is 9.78 Å². The maximum atomic E-state index is 13.2. The number of carbonyl (C=O) groups is 2. The number of nitrogens with zero attached hydrogens (tertiary/aromatic N) is 3. The van der Waals surface area contributed by atoms with Gasteiger partial charge in [0.2, 0.25) is 0 Å². The van der Waals surface area contributed by atoms with Gasteiger partial charge in [0.1, 0.15) is 10.6 Å². The first-order chi connectivity index (χ1) is 16.5. The van der Waals surface area contributed by atoms with E-state index in [-0.39, 0.29) is 29.4 Å². The number of hydrogen-bond donors (Lipinski definition) is 1. The van der Waals surface area contributed by atoms with Crippen molar-refractivity contribution < 1.29 is 19.2 Å². The van der Waals surface area contributed by atoms with Gasteiger partial charge in [-0.2, -0.15) is 4.68 Å². The highest BCUT2D eigenvalue weighted by molar-refractivity contribution is 7.15. The number of nitro groups is 1. The highest BCUT2D eigenvalue weighted by atomic mass is 32.1. The molecule has 0 fully saturated rings. The summed E-state index contributed by atoms with van der Waals surface area (Å²) in [5, 5.41) is 20.1. The zero-order valence-corrected chi connectivity index (χ0v) is 19.0. The zero-order valence-electron chi connectivity index (χ0n) is 18.1. The van der Waals surface area contributed by atoms with Crippen LogP contribution in [-0.2, 0) is 11.3 Å². The van der Waals surface area contributed by atoms with Crippen LogP contribution >= 0.6 is 11.3 Å². The van der Waals surface area contributed by atoms with Gasteiger partial charge in [-0.3, -0.25) is 4.79 Å². The van der Waals surface area contributed by atoms with Crippen LogP contribution in [0.25, 0.3) is 11.1 Å². The summed E-state index contributed by atoms with van der Waals surface area (Å²) in [4.78, 5) is 36.6. The molecule has 0 bridgehead atoms. The van der Waals surface area contributed by atoms with Gasteiger partial charge < -0.3 is 20.2 Å². The van der Waals surface area contributed by atoms with Crippen molar-refractivity contribution in [1.29, 1.82) is 0 Å². The van der Waals surface area contributed by atoms with Crippen LogP contribution in [0.5, 0.6) is 0 Å². The Labute approximate surface area is 198 Å². The maximum absolute atomic E-state index is 13.2. The first-order valence-electron chi connectivity index (χ1n) is 10.4. The number of aromatic nitrogens is 2. The Hall–Kier alpha value is -4.31. The van der Waals surface area contributed by atoms with Gasteiger partial charge in [-0.25, -0.2) is 4.79 Å². The van der Waals surface area contributed by atoms with E-state index in [9.17, 15) is 19.7 Å². The molecule has 0 radical (unpaired) electrons. The fraction of sp³-hybridized carbons (Fsp3) is 0.125. The Morgan fingerprint density at radius 3 is 2.44 bits per heavy atom. The molecule has 2 aromatic heterocycles. The van der Waals surface area contributed by atoms with Crippen LogP contribution < -0.4 is 5.32 Å². The molecule has 0 atom stereocenters. The Bertz CT molecular complexity index is 1330. The summed E-state index contributed by atoms with van der Waals surface area (Å²) in [5.41, 5.74) is 2.48. The van der Waals surface area contributed by atoms with E-state index >= 15 is 0 Å². The molecule has 1 N–H and O–H groups in total. The highest BCUT2D eigenvalue weighted by Crippen LogP contribution is 2.36. The normalized spacial score (nSPS) is 10.6. The van der Waals surface area contributed by atoms with Crippen molar-refractivity contribution in [3.05, 3.63) is 99.0 Å². The molecule has 2 aromatic carbocycles. The van der Waals surface area contributed by atoms with Gasteiger partial charge in [-0.1, -0.05) is 60.7 Å². The van der Waals surface area contributed by atoms with Gasteiger partial charge in [0.25, 0.3) is 5.91 Å². The van der Waals surface area contributed by atoms with E-state index in [1.165, 1.54) is 16.0 Å². The van der Waals surface area contributed by atoms with E-state index in [1.54, 1.807) is 12.3 Å². The molecule has 0 aliphatic rings. The Morgan fingerprint density at radius 1 is 1.12 bits per heavy atom. The second-order valence-corrected chi connectivity index (χ2v) is 8.06. The molecule has 0 unspecified atom stereocenters. The van der Waals surface area contributed by atoms with Crippen LogP contribution in [0.2, 0.25) is 0 Å². The molecule has 9 nitrogen and oxygen atoms in total. The summed E-state index contributed by atoms with van der Waals surface area (Å²) >= 11 is 1.17. The van der Waals surface area contributed by atoms with E-state index in [0.29, 0.717) is 5.56 Å². The van der Waals surface area contributed by atoms with Gasteiger partial charge >= 0.3 is 11.8 Å². The highest BCUT2D eigenvalue weighted by Gasteiger charge is 2.27. The Balaban J connectivity index is 1.69. The van der Waals surface area contributed by atoms with Crippen molar-refractivity contribution >= 4 is 34.0 Å². The van der Waals surface area contributed by atoms with E-state index in [0.717, 1.165) is 17.2 Å². The van der Waals surface area contributed by atoms with Gasteiger partial charge in [-0.05, 0) is 23.0 Å². The standard InChI is InChI=1S/C24H20N4O5S/c1-2-33-24(30)21-18(17-11-7-4-8-12-17)15-34-23(21)25-22(29)19-13-20(28(31)32)26-27(19)14-16-9-5-3-6-10-16/h3-13,15H,2,14H2,1H3,(H,25,29). The molecule has 172 valence electrons. The summed E-state index contributed by atoms with van der Waals surface area (Å²) in [7, 11) is 0. The molecular formula is C24H20N4O5S. The third-order valence-corrected chi connectivity index (χ3v) is 5.84. The smallest absolute Gasteiger partial charge is 0.390 e. The maximum Gasteiger partial charge on any atom is 0.390 e. The minimum atomic E-state index is -0.652. The van der Waals surface area contributed by atoms with Gasteiger partial charge in [0.15, 0.2) is 5.69 Å². The molecule has 1 amide bonds. The quantitative estimate of drug-likeness (QED) is 0.217. The number of ether oxygens (including phenoxy) is 1. The van der Waals surface area contributed by atoms with Crippen molar-refractivity contribution in [2.75, 3.05) is 11.9 Å². The fourth-order valence-corrected chi connectivity index (χ4v) is 4.36. The lowest BCUT2D eigenvalue weighted by atomic mass is 10.0. The minimum absolute atomic E-state index is 0.0000213. The Kier molecular flexibility index (Phi) is 6.79. The lowest BCUT2D eigenvalue weighted by Crippen LogP contribution is -2.19. The average Bonchev–Trinajstić information content (AvgIpc) is 3.45.